The normalized spacial score (nSPS) is 10.8. The number of aryl methyl sites for hydroxylation is 1. The van der Waals surface area contributed by atoms with Crippen LogP contribution in [-0.2, 0) is 13.6 Å². The molecular formula is C7H13N3. The molecule has 3 heteroatoms. The lowest BCUT2D eigenvalue weighted by atomic mass is 10.4. The highest BCUT2D eigenvalue weighted by molar-refractivity contribution is 4.94. The highest BCUT2D eigenvalue weighted by Crippen LogP contribution is 1.95. The fraction of sp³-hybridized carbons (Fsp3) is 0.571. The van der Waals surface area contributed by atoms with Crippen molar-refractivity contribution in [2.75, 3.05) is 14.1 Å². The summed E-state index contributed by atoms with van der Waals surface area (Å²) in [6.45, 7) is 0.918. The molecule has 0 amide bonds. The minimum absolute atomic E-state index is 0.918. The van der Waals surface area contributed by atoms with Crippen molar-refractivity contribution in [2.24, 2.45) is 7.05 Å². The van der Waals surface area contributed by atoms with E-state index in [4.69, 9.17) is 0 Å². The maximum Gasteiger partial charge on any atom is 0.0947 e. The van der Waals surface area contributed by atoms with E-state index in [9.17, 15) is 0 Å². The second-order valence-electron chi connectivity index (χ2n) is 2.77. The molecule has 0 radical (unpaired) electrons. The maximum atomic E-state index is 4.18. The van der Waals surface area contributed by atoms with Gasteiger partial charge >= 0.3 is 0 Å². The third-order valence-corrected chi connectivity index (χ3v) is 1.24. The molecule has 10 heavy (non-hydrogen) atoms. The second kappa shape index (κ2) is 2.84. The lowest BCUT2D eigenvalue weighted by Gasteiger charge is -2.04. The Balaban J connectivity index is 2.58. The van der Waals surface area contributed by atoms with Crippen molar-refractivity contribution in [3.8, 4) is 0 Å². The first-order valence-corrected chi connectivity index (χ1v) is 3.30. The van der Waals surface area contributed by atoms with Gasteiger partial charge in [0.15, 0.2) is 0 Å². The van der Waals surface area contributed by atoms with Crippen LogP contribution >= 0.6 is 0 Å². The van der Waals surface area contributed by atoms with E-state index in [1.54, 1.807) is 0 Å². The van der Waals surface area contributed by atoms with Crippen LogP contribution in [0.5, 0.6) is 0 Å². The number of rotatable bonds is 2. The lowest BCUT2D eigenvalue weighted by Crippen LogP contribution is -2.10. The molecule has 0 bridgehead atoms. The SMILES string of the molecule is CN(C)Cc1cn(C)cn1. The average molecular weight is 139 g/mol. The number of nitrogens with zero attached hydrogens (tertiary/aromatic N) is 3. The first-order chi connectivity index (χ1) is 4.68. The number of imidazole rings is 1. The van der Waals surface area contributed by atoms with Crippen molar-refractivity contribution in [3.05, 3.63) is 18.2 Å². The Bertz CT molecular complexity index is 202. The molecule has 0 aliphatic carbocycles. The van der Waals surface area contributed by atoms with Crippen LogP contribution in [0, 0.1) is 0 Å². The Hall–Kier alpha value is -0.830. The molecule has 1 aromatic rings. The van der Waals surface area contributed by atoms with Crippen molar-refractivity contribution >= 4 is 0 Å². The van der Waals surface area contributed by atoms with E-state index in [0.717, 1.165) is 12.2 Å². The first-order valence-electron chi connectivity index (χ1n) is 3.30. The van der Waals surface area contributed by atoms with Gasteiger partial charge in [0.05, 0.1) is 12.0 Å². The minimum atomic E-state index is 0.918. The largest absolute Gasteiger partial charge is 0.340 e. The van der Waals surface area contributed by atoms with Gasteiger partial charge in [0.2, 0.25) is 0 Å². The zero-order valence-corrected chi connectivity index (χ0v) is 6.70. The molecule has 1 heterocycles. The summed E-state index contributed by atoms with van der Waals surface area (Å²) < 4.78 is 1.96. The standard InChI is InChI=1S/C7H13N3/c1-9(2)4-7-5-10(3)6-8-7/h5-6H,4H2,1-3H3. The van der Waals surface area contributed by atoms with Gasteiger partial charge < -0.3 is 9.47 Å². The molecule has 0 aliphatic heterocycles. The molecular weight excluding hydrogens is 126 g/mol. The predicted molar refractivity (Wildman–Crippen MR) is 40.6 cm³/mol. The Morgan fingerprint density at radius 3 is 2.70 bits per heavy atom. The third-order valence-electron chi connectivity index (χ3n) is 1.24. The van der Waals surface area contributed by atoms with Crippen LogP contribution < -0.4 is 0 Å². The molecule has 0 spiro atoms. The highest BCUT2D eigenvalue weighted by Gasteiger charge is 1.96. The van der Waals surface area contributed by atoms with Crippen LogP contribution in [0.4, 0.5) is 0 Å². The van der Waals surface area contributed by atoms with E-state index >= 15 is 0 Å². The van der Waals surface area contributed by atoms with Gasteiger partial charge in [-0.3, -0.25) is 0 Å². The summed E-state index contributed by atoms with van der Waals surface area (Å²) in [5.74, 6) is 0. The maximum absolute atomic E-state index is 4.18. The van der Waals surface area contributed by atoms with Crippen LogP contribution in [0.1, 0.15) is 5.69 Å². The molecule has 0 atom stereocenters. The molecule has 0 unspecified atom stereocenters. The van der Waals surface area contributed by atoms with Gasteiger partial charge in [-0.25, -0.2) is 4.98 Å². The van der Waals surface area contributed by atoms with Crippen LogP contribution in [-0.4, -0.2) is 28.5 Å². The minimum Gasteiger partial charge on any atom is -0.340 e. The van der Waals surface area contributed by atoms with E-state index in [2.05, 4.69) is 9.88 Å². The Labute approximate surface area is 61.3 Å². The van der Waals surface area contributed by atoms with Gasteiger partial charge in [-0.1, -0.05) is 0 Å². The summed E-state index contributed by atoms with van der Waals surface area (Å²) in [6.07, 6.45) is 3.85. The van der Waals surface area contributed by atoms with Gasteiger partial charge in [0.1, 0.15) is 0 Å². The molecule has 1 aromatic heterocycles. The summed E-state index contributed by atoms with van der Waals surface area (Å²) in [4.78, 5) is 6.28. The van der Waals surface area contributed by atoms with Gasteiger partial charge in [0, 0.05) is 19.8 Å². The molecule has 0 saturated heterocycles. The van der Waals surface area contributed by atoms with E-state index in [1.165, 1.54) is 0 Å². The Morgan fingerprint density at radius 2 is 2.30 bits per heavy atom. The van der Waals surface area contributed by atoms with Gasteiger partial charge in [-0.05, 0) is 14.1 Å². The average Bonchev–Trinajstić information content (AvgIpc) is 2.13. The zero-order chi connectivity index (χ0) is 7.56. The second-order valence-corrected chi connectivity index (χ2v) is 2.77. The van der Waals surface area contributed by atoms with Crippen LogP contribution in [0.3, 0.4) is 0 Å². The van der Waals surface area contributed by atoms with Crippen molar-refractivity contribution in [2.45, 2.75) is 6.54 Å². The lowest BCUT2D eigenvalue weighted by molar-refractivity contribution is 0.397. The molecule has 0 aromatic carbocycles. The third kappa shape index (κ3) is 1.84. The quantitative estimate of drug-likeness (QED) is 0.594. The fourth-order valence-electron chi connectivity index (χ4n) is 0.873. The van der Waals surface area contributed by atoms with Crippen molar-refractivity contribution in [1.29, 1.82) is 0 Å². The topological polar surface area (TPSA) is 21.1 Å². The van der Waals surface area contributed by atoms with Crippen molar-refractivity contribution < 1.29 is 0 Å². The summed E-state index contributed by atoms with van der Waals surface area (Å²) in [5.41, 5.74) is 1.12. The Kier molecular flexibility index (Phi) is 2.06. The molecule has 3 nitrogen and oxygen atoms in total. The van der Waals surface area contributed by atoms with E-state index in [1.807, 2.05) is 38.2 Å². The first kappa shape index (κ1) is 7.28. The summed E-state index contributed by atoms with van der Waals surface area (Å²) in [6, 6.07) is 0. The molecule has 0 N–H and O–H groups in total. The molecule has 1 rings (SSSR count). The molecule has 56 valence electrons. The zero-order valence-electron chi connectivity index (χ0n) is 6.70. The van der Waals surface area contributed by atoms with E-state index in [-0.39, 0.29) is 0 Å². The van der Waals surface area contributed by atoms with Crippen molar-refractivity contribution in [3.63, 3.8) is 0 Å². The van der Waals surface area contributed by atoms with Crippen molar-refractivity contribution in [1.82, 2.24) is 14.5 Å². The van der Waals surface area contributed by atoms with E-state index in [0.29, 0.717) is 0 Å². The van der Waals surface area contributed by atoms with Crippen LogP contribution in [0.15, 0.2) is 12.5 Å². The highest BCUT2D eigenvalue weighted by atomic mass is 15.1. The molecule has 0 aliphatic rings. The number of hydrogen-bond acceptors (Lipinski definition) is 2. The molecule has 0 fully saturated rings. The summed E-state index contributed by atoms with van der Waals surface area (Å²) in [7, 11) is 6.05. The van der Waals surface area contributed by atoms with Crippen LogP contribution in [0.25, 0.3) is 0 Å². The van der Waals surface area contributed by atoms with Gasteiger partial charge in [-0.15, -0.1) is 0 Å². The monoisotopic (exact) mass is 139 g/mol. The smallest absolute Gasteiger partial charge is 0.0947 e. The predicted octanol–water partition coefficient (Wildman–Crippen LogP) is 0.482. The fourth-order valence-corrected chi connectivity index (χ4v) is 0.873. The van der Waals surface area contributed by atoms with E-state index < -0.39 is 0 Å². The summed E-state index contributed by atoms with van der Waals surface area (Å²) in [5, 5.41) is 0. The van der Waals surface area contributed by atoms with Crippen LogP contribution in [0.2, 0.25) is 0 Å². The summed E-state index contributed by atoms with van der Waals surface area (Å²) >= 11 is 0. The number of aromatic nitrogens is 2. The number of hydrogen-bond donors (Lipinski definition) is 0. The van der Waals surface area contributed by atoms with Gasteiger partial charge in [0.25, 0.3) is 0 Å². The molecule has 0 saturated carbocycles. The Morgan fingerprint density at radius 1 is 1.60 bits per heavy atom. The van der Waals surface area contributed by atoms with Gasteiger partial charge in [-0.2, -0.15) is 0 Å².